The second-order valence-electron chi connectivity index (χ2n) is 8.57. The molecule has 5 rings (SSSR count). The number of hydrogen-bond acceptors (Lipinski definition) is 7. The van der Waals surface area contributed by atoms with Gasteiger partial charge in [-0.15, -0.1) is 5.10 Å². The van der Waals surface area contributed by atoms with Gasteiger partial charge in [-0.3, -0.25) is 4.68 Å². The van der Waals surface area contributed by atoms with Gasteiger partial charge in [0.05, 0.1) is 41.4 Å². The zero-order valence-corrected chi connectivity index (χ0v) is 18.8. The summed E-state index contributed by atoms with van der Waals surface area (Å²) >= 11 is 0. The van der Waals surface area contributed by atoms with Gasteiger partial charge in [-0.05, 0) is 38.0 Å². The molecule has 9 heteroatoms. The van der Waals surface area contributed by atoms with Crippen LogP contribution in [-0.4, -0.2) is 48.6 Å². The van der Waals surface area contributed by atoms with E-state index in [1.165, 1.54) is 0 Å². The molecule has 0 unspecified atom stereocenters. The lowest BCUT2D eigenvalue weighted by molar-refractivity contribution is 0.0305. The highest BCUT2D eigenvalue weighted by Gasteiger charge is 2.24. The van der Waals surface area contributed by atoms with E-state index in [1.807, 2.05) is 50.1 Å². The summed E-state index contributed by atoms with van der Waals surface area (Å²) in [4.78, 5) is 8.99. The lowest BCUT2D eigenvalue weighted by Gasteiger charge is -2.15. The fraction of sp³-hybridized carbons (Fsp3) is 0.391. The van der Waals surface area contributed by atoms with E-state index >= 15 is 0 Å². The fourth-order valence-corrected chi connectivity index (χ4v) is 4.49. The maximum atomic E-state index is 6.31. The summed E-state index contributed by atoms with van der Waals surface area (Å²) in [6, 6.07) is 6.05. The molecule has 1 saturated heterocycles. The molecule has 0 amide bonds. The zero-order valence-electron chi connectivity index (χ0n) is 18.8. The van der Waals surface area contributed by atoms with Gasteiger partial charge in [0.15, 0.2) is 5.82 Å². The molecule has 0 spiro atoms. The van der Waals surface area contributed by atoms with Crippen molar-refractivity contribution in [3.8, 4) is 22.5 Å². The molecule has 32 heavy (non-hydrogen) atoms. The third kappa shape index (κ3) is 3.63. The van der Waals surface area contributed by atoms with Gasteiger partial charge in [-0.2, -0.15) is 5.10 Å². The van der Waals surface area contributed by atoms with Crippen LogP contribution in [0.1, 0.15) is 24.0 Å². The number of nitrogens with one attached hydrogen (secondary N) is 1. The Labute approximate surface area is 186 Å². The van der Waals surface area contributed by atoms with Crippen molar-refractivity contribution in [3.63, 3.8) is 0 Å². The summed E-state index contributed by atoms with van der Waals surface area (Å²) in [7, 11) is 1.95. The highest BCUT2D eigenvalue weighted by Crippen LogP contribution is 2.33. The molecular formula is C23H28N8O. The van der Waals surface area contributed by atoms with Gasteiger partial charge in [-0.25, -0.2) is 14.5 Å². The minimum absolute atomic E-state index is 0.219. The summed E-state index contributed by atoms with van der Waals surface area (Å²) in [5.74, 6) is 1.65. The number of fused-ring (bicyclic) bond motifs is 1. The van der Waals surface area contributed by atoms with Crippen LogP contribution < -0.4 is 11.1 Å². The predicted molar refractivity (Wildman–Crippen MR) is 123 cm³/mol. The zero-order chi connectivity index (χ0) is 22.4. The average molecular weight is 433 g/mol. The largest absolute Gasteiger partial charge is 0.382 e. The number of nitrogens with zero attached hydrogens (tertiary/aromatic N) is 6. The first-order valence-electron chi connectivity index (χ1n) is 10.8. The number of rotatable bonds is 5. The van der Waals surface area contributed by atoms with Crippen LogP contribution in [0, 0.1) is 19.8 Å². The van der Waals surface area contributed by atoms with Crippen molar-refractivity contribution in [2.24, 2.45) is 13.0 Å². The SMILES string of the molecule is Cc1cc(-c2c(N)nn3ccc(-c4c(CO[C@H]5CNC[C@@H]5C)cnn4C)cc23)nc(C)n1. The van der Waals surface area contributed by atoms with Crippen molar-refractivity contribution in [3.05, 3.63) is 47.7 Å². The number of nitrogens with two attached hydrogens (primary N) is 1. The topological polar surface area (TPSA) is 108 Å². The number of nitrogen functional groups attached to an aromatic ring is 1. The third-order valence-electron chi connectivity index (χ3n) is 6.07. The van der Waals surface area contributed by atoms with Crippen molar-refractivity contribution < 1.29 is 4.74 Å². The predicted octanol–water partition coefficient (Wildman–Crippen LogP) is 2.52. The van der Waals surface area contributed by atoms with Crippen LogP contribution in [0.15, 0.2) is 30.6 Å². The van der Waals surface area contributed by atoms with E-state index in [-0.39, 0.29) is 6.10 Å². The first-order valence-corrected chi connectivity index (χ1v) is 10.8. The molecule has 0 bridgehead atoms. The fourth-order valence-electron chi connectivity index (χ4n) is 4.49. The van der Waals surface area contributed by atoms with Crippen LogP contribution >= 0.6 is 0 Å². The molecule has 1 aliphatic heterocycles. The van der Waals surface area contributed by atoms with E-state index in [0.717, 1.165) is 52.4 Å². The minimum Gasteiger partial charge on any atom is -0.382 e. The van der Waals surface area contributed by atoms with Gasteiger partial charge in [0.2, 0.25) is 0 Å². The molecule has 166 valence electrons. The maximum absolute atomic E-state index is 6.31. The maximum Gasteiger partial charge on any atom is 0.156 e. The molecule has 1 fully saturated rings. The van der Waals surface area contributed by atoms with Crippen molar-refractivity contribution in [1.82, 2.24) is 34.7 Å². The van der Waals surface area contributed by atoms with Gasteiger partial charge in [0.25, 0.3) is 0 Å². The molecule has 9 nitrogen and oxygen atoms in total. The van der Waals surface area contributed by atoms with Crippen LogP contribution in [0.4, 0.5) is 5.82 Å². The van der Waals surface area contributed by atoms with Crippen molar-refractivity contribution in [1.29, 1.82) is 0 Å². The van der Waals surface area contributed by atoms with E-state index in [4.69, 9.17) is 10.5 Å². The van der Waals surface area contributed by atoms with Gasteiger partial charge < -0.3 is 15.8 Å². The number of aryl methyl sites for hydroxylation is 3. The quantitative estimate of drug-likeness (QED) is 0.499. The van der Waals surface area contributed by atoms with E-state index in [0.29, 0.717) is 24.2 Å². The van der Waals surface area contributed by atoms with Crippen molar-refractivity contribution in [2.45, 2.75) is 33.5 Å². The van der Waals surface area contributed by atoms with Gasteiger partial charge in [0.1, 0.15) is 5.82 Å². The summed E-state index contributed by atoms with van der Waals surface area (Å²) in [5.41, 5.74) is 12.8. The van der Waals surface area contributed by atoms with Gasteiger partial charge in [0, 0.05) is 43.2 Å². The molecule has 0 saturated carbocycles. The van der Waals surface area contributed by atoms with Crippen LogP contribution in [0.2, 0.25) is 0 Å². The molecule has 0 aliphatic carbocycles. The van der Waals surface area contributed by atoms with E-state index in [1.54, 1.807) is 4.52 Å². The molecule has 0 radical (unpaired) electrons. The Hall–Kier alpha value is -3.30. The molecule has 1 aliphatic rings. The highest BCUT2D eigenvalue weighted by molar-refractivity contribution is 5.88. The summed E-state index contributed by atoms with van der Waals surface area (Å²) in [6.45, 7) is 8.45. The highest BCUT2D eigenvalue weighted by atomic mass is 16.5. The van der Waals surface area contributed by atoms with Crippen LogP contribution in [-0.2, 0) is 18.4 Å². The lowest BCUT2D eigenvalue weighted by Crippen LogP contribution is -2.20. The van der Waals surface area contributed by atoms with Gasteiger partial charge in [-0.1, -0.05) is 6.92 Å². The third-order valence-corrected chi connectivity index (χ3v) is 6.07. The Bertz CT molecular complexity index is 1270. The summed E-state index contributed by atoms with van der Waals surface area (Å²) in [6.07, 6.45) is 4.03. The number of hydrogen-bond donors (Lipinski definition) is 2. The Kier molecular flexibility index (Phi) is 5.15. The minimum atomic E-state index is 0.219. The first-order chi connectivity index (χ1) is 15.4. The monoisotopic (exact) mass is 432 g/mol. The van der Waals surface area contributed by atoms with E-state index < -0.39 is 0 Å². The van der Waals surface area contributed by atoms with Crippen molar-refractivity contribution >= 4 is 11.3 Å². The number of pyridine rings is 1. The molecule has 3 N–H and O–H groups in total. The normalized spacial score (nSPS) is 18.6. The molecule has 0 aromatic carbocycles. The Morgan fingerprint density at radius 3 is 2.81 bits per heavy atom. The number of anilines is 1. The van der Waals surface area contributed by atoms with Crippen LogP contribution in [0.5, 0.6) is 0 Å². The van der Waals surface area contributed by atoms with Crippen LogP contribution in [0.3, 0.4) is 0 Å². The average Bonchev–Trinajstić information content (AvgIpc) is 3.41. The second kappa shape index (κ2) is 7.99. The summed E-state index contributed by atoms with van der Waals surface area (Å²) in [5, 5.41) is 12.4. The Morgan fingerprint density at radius 2 is 2.06 bits per heavy atom. The molecule has 4 aromatic heterocycles. The lowest BCUT2D eigenvalue weighted by atomic mass is 10.1. The van der Waals surface area contributed by atoms with E-state index in [2.05, 4.69) is 38.5 Å². The first kappa shape index (κ1) is 20.6. The molecule has 5 heterocycles. The molecule has 4 aromatic rings. The standard InChI is InChI=1S/C23H28N8O/c1-13-9-25-11-20(13)32-12-17-10-26-30(4)22(17)16-5-6-31-19(8-16)21(23(24)29-31)18-7-14(2)27-15(3)28-18/h5-8,10,13,20,25H,9,11-12H2,1-4H3,(H2,24,29)/t13-,20-/m0/s1. The van der Waals surface area contributed by atoms with Gasteiger partial charge >= 0.3 is 0 Å². The summed E-state index contributed by atoms with van der Waals surface area (Å²) < 4.78 is 9.90. The van der Waals surface area contributed by atoms with Crippen molar-refractivity contribution in [2.75, 3.05) is 18.8 Å². The Balaban J connectivity index is 1.55. The van der Waals surface area contributed by atoms with Crippen LogP contribution in [0.25, 0.3) is 28.0 Å². The Morgan fingerprint density at radius 1 is 1.22 bits per heavy atom. The van der Waals surface area contributed by atoms with E-state index in [9.17, 15) is 0 Å². The molecular weight excluding hydrogens is 404 g/mol. The molecule has 2 atom stereocenters. The smallest absolute Gasteiger partial charge is 0.156 e. The number of aromatic nitrogens is 6. The second-order valence-corrected chi connectivity index (χ2v) is 8.57. The number of ether oxygens (including phenoxy) is 1.